The maximum atomic E-state index is 5.40. The topological polar surface area (TPSA) is 57.5 Å². The minimum atomic E-state index is 0. The molecule has 0 aromatic carbocycles. The Morgan fingerprint density at radius 1 is 1.50 bits per heavy atom. The standard InChI is InChI=1S/C5H13N.ClH.H2O/c1-3-4-5(2)6;;/h5H,3-4,6H2,1-2H3;1H;1H2. The van der Waals surface area contributed by atoms with Crippen molar-refractivity contribution >= 4 is 12.4 Å². The second-order valence-corrected chi connectivity index (χ2v) is 1.77. The van der Waals surface area contributed by atoms with Crippen molar-refractivity contribution in [2.24, 2.45) is 5.73 Å². The normalized spacial score (nSPS) is 10.9. The molecule has 0 heterocycles. The molecular formula is C5H16ClNO. The van der Waals surface area contributed by atoms with Gasteiger partial charge in [0, 0.05) is 6.04 Å². The lowest BCUT2D eigenvalue weighted by Gasteiger charge is -1.96. The van der Waals surface area contributed by atoms with Crippen LogP contribution in [-0.4, -0.2) is 11.5 Å². The number of hydrogen-bond acceptors (Lipinski definition) is 1. The lowest BCUT2D eigenvalue weighted by molar-refractivity contribution is 0.653. The van der Waals surface area contributed by atoms with Crippen LogP contribution in [0.25, 0.3) is 0 Å². The molecule has 0 bridgehead atoms. The highest BCUT2D eigenvalue weighted by Gasteiger charge is 1.85. The molecular weight excluding hydrogens is 126 g/mol. The third-order valence-corrected chi connectivity index (χ3v) is 0.744. The SMILES string of the molecule is CCCC(C)N.Cl.O. The van der Waals surface area contributed by atoms with Gasteiger partial charge < -0.3 is 11.2 Å². The van der Waals surface area contributed by atoms with Crippen molar-refractivity contribution in [2.45, 2.75) is 32.7 Å². The van der Waals surface area contributed by atoms with E-state index in [0.717, 1.165) is 6.42 Å². The van der Waals surface area contributed by atoms with Gasteiger partial charge in [-0.3, -0.25) is 0 Å². The molecule has 0 fully saturated rings. The van der Waals surface area contributed by atoms with Gasteiger partial charge in [-0.05, 0) is 13.3 Å². The van der Waals surface area contributed by atoms with E-state index in [0.29, 0.717) is 6.04 Å². The minimum absolute atomic E-state index is 0. The van der Waals surface area contributed by atoms with E-state index in [1.165, 1.54) is 6.42 Å². The molecule has 0 saturated heterocycles. The fourth-order valence-corrected chi connectivity index (χ4v) is 0.455. The highest BCUT2D eigenvalue weighted by atomic mass is 35.5. The molecule has 1 unspecified atom stereocenters. The molecule has 0 radical (unpaired) electrons. The highest BCUT2D eigenvalue weighted by Crippen LogP contribution is 1.88. The summed E-state index contributed by atoms with van der Waals surface area (Å²) in [5.41, 5.74) is 5.40. The maximum absolute atomic E-state index is 5.40. The first-order valence-corrected chi connectivity index (χ1v) is 2.53. The molecule has 0 aromatic rings. The predicted molar refractivity (Wildman–Crippen MR) is 39.4 cm³/mol. The quantitative estimate of drug-likeness (QED) is 0.606. The van der Waals surface area contributed by atoms with Gasteiger partial charge in [-0.2, -0.15) is 0 Å². The van der Waals surface area contributed by atoms with Crippen LogP contribution in [0.1, 0.15) is 26.7 Å². The Labute approximate surface area is 57.2 Å². The third-order valence-electron chi connectivity index (χ3n) is 0.744. The minimum Gasteiger partial charge on any atom is -0.412 e. The van der Waals surface area contributed by atoms with Crippen LogP contribution in [0, 0.1) is 0 Å². The molecule has 0 aromatic heterocycles. The third kappa shape index (κ3) is 16.4. The number of halogens is 1. The summed E-state index contributed by atoms with van der Waals surface area (Å²) in [7, 11) is 0. The number of nitrogens with two attached hydrogens (primary N) is 1. The van der Waals surface area contributed by atoms with Crippen molar-refractivity contribution in [1.82, 2.24) is 0 Å². The highest BCUT2D eigenvalue weighted by molar-refractivity contribution is 5.85. The van der Waals surface area contributed by atoms with Crippen LogP contribution in [-0.2, 0) is 0 Å². The fourth-order valence-electron chi connectivity index (χ4n) is 0.455. The van der Waals surface area contributed by atoms with E-state index in [1.54, 1.807) is 0 Å². The van der Waals surface area contributed by atoms with Crippen LogP contribution in [0.5, 0.6) is 0 Å². The average molecular weight is 142 g/mol. The molecule has 1 atom stereocenters. The van der Waals surface area contributed by atoms with Crippen LogP contribution < -0.4 is 5.73 Å². The van der Waals surface area contributed by atoms with E-state index in [2.05, 4.69) is 6.92 Å². The molecule has 0 aliphatic rings. The molecule has 3 heteroatoms. The summed E-state index contributed by atoms with van der Waals surface area (Å²) in [6.45, 7) is 4.17. The van der Waals surface area contributed by atoms with Crippen molar-refractivity contribution in [3.05, 3.63) is 0 Å². The average Bonchev–Trinajstić information content (AvgIpc) is 1.35. The molecule has 0 amide bonds. The molecule has 0 spiro atoms. The summed E-state index contributed by atoms with van der Waals surface area (Å²) >= 11 is 0. The van der Waals surface area contributed by atoms with E-state index in [4.69, 9.17) is 5.73 Å². The fraction of sp³-hybridized carbons (Fsp3) is 1.00. The second kappa shape index (κ2) is 10.2. The Kier molecular flexibility index (Phi) is 20.1. The maximum Gasteiger partial charge on any atom is 0.00103 e. The van der Waals surface area contributed by atoms with Crippen molar-refractivity contribution in [1.29, 1.82) is 0 Å². The zero-order chi connectivity index (χ0) is 4.99. The summed E-state index contributed by atoms with van der Waals surface area (Å²) in [5, 5.41) is 0. The zero-order valence-electron chi connectivity index (χ0n) is 5.48. The number of hydrogen-bond donors (Lipinski definition) is 1. The first kappa shape index (κ1) is 15.7. The number of rotatable bonds is 2. The van der Waals surface area contributed by atoms with Crippen molar-refractivity contribution < 1.29 is 5.48 Å². The van der Waals surface area contributed by atoms with Gasteiger partial charge >= 0.3 is 0 Å². The lowest BCUT2D eigenvalue weighted by atomic mass is 10.2. The molecule has 54 valence electrons. The Bertz CT molecular complexity index is 33.6. The van der Waals surface area contributed by atoms with Gasteiger partial charge in [0.25, 0.3) is 0 Å². The molecule has 2 nitrogen and oxygen atoms in total. The summed E-state index contributed by atoms with van der Waals surface area (Å²) in [6.07, 6.45) is 2.36. The van der Waals surface area contributed by atoms with Gasteiger partial charge in [0.05, 0.1) is 0 Å². The van der Waals surface area contributed by atoms with Gasteiger partial charge in [0.2, 0.25) is 0 Å². The van der Waals surface area contributed by atoms with Crippen molar-refractivity contribution in [3.8, 4) is 0 Å². The Morgan fingerprint density at radius 2 is 1.88 bits per heavy atom. The summed E-state index contributed by atoms with van der Waals surface area (Å²) in [6, 6.07) is 0.398. The van der Waals surface area contributed by atoms with Crippen molar-refractivity contribution in [2.75, 3.05) is 0 Å². The zero-order valence-corrected chi connectivity index (χ0v) is 6.29. The Balaban J connectivity index is -0.000000125. The first-order chi connectivity index (χ1) is 2.77. The monoisotopic (exact) mass is 141 g/mol. The van der Waals surface area contributed by atoms with E-state index in [-0.39, 0.29) is 17.9 Å². The second-order valence-electron chi connectivity index (χ2n) is 1.77. The largest absolute Gasteiger partial charge is 0.412 e. The van der Waals surface area contributed by atoms with Gasteiger partial charge in [-0.15, -0.1) is 12.4 Å². The van der Waals surface area contributed by atoms with E-state index >= 15 is 0 Å². The summed E-state index contributed by atoms with van der Waals surface area (Å²) in [5.74, 6) is 0. The van der Waals surface area contributed by atoms with Gasteiger partial charge in [-0.25, -0.2) is 0 Å². The first-order valence-electron chi connectivity index (χ1n) is 2.53. The molecule has 0 aliphatic heterocycles. The van der Waals surface area contributed by atoms with Gasteiger partial charge in [-0.1, -0.05) is 13.3 Å². The molecule has 0 saturated carbocycles. The van der Waals surface area contributed by atoms with Gasteiger partial charge in [0.15, 0.2) is 0 Å². The smallest absolute Gasteiger partial charge is 0.00103 e. The van der Waals surface area contributed by atoms with Crippen LogP contribution in [0.15, 0.2) is 0 Å². The summed E-state index contributed by atoms with van der Waals surface area (Å²) < 4.78 is 0. The molecule has 4 N–H and O–H groups in total. The van der Waals surface area contributed by atoms with E-state index < -0.39 is 0 Å². The van der Waals surface area contributed by atoms with Crippen LogP contribution >= 0.6 is 12.4 Å². The molecule has 0 aliphatic carbocycles. The van der Waals surface area contributed by atoms with Gasteiger partial charge in [0.1, 0.15) is 0 Å². The molecule has 0 rings (SSSR count). The van der Waals surface area contributed by atoms with E-state index in [9.17, 15) is 0 Å². The van der Waals surface area contributed by atoms with E-state index in [1.807, 2.05) is 6.92 Å². The Morgan fingerprint density at radius 3 is 1.88 bits per heavy atom. The van der Waals surface area contributed by atoms with Crippen LogP contribution in [0.2, 0.25) is 0 Å². The Hall–Kier alpha value is 0.210. The van der Waals surface area contributed by atoms with Crippen LogP contribution in [0.3, 0.4) is 0 Å². The van der Waals surface area contributed by atoms with Crippen LogP contribution in [0.4, 0.5) is 0 Å². The summed E-state index contributed by atoms with van der Waals surface area (Å²) in [4.78, 5) is 0. The molecule has 8 heavy (non-hydrogen) atoms. The predicted octanol–water partition coefficient (Wildman–Crippen LogP) is 0.731. The lowest BCUT2D eigenvalue weighted by Crippen LogP contribution is -2.13. The van der Waals surface area contributed by atoms with Crippen molar-refractivity contribution in [3.63, 3.8) is 0 Å².